The predicted octanol–water partition coefficient (Wildman–Crippen LogP) is 3.72. The fraction of sp³-hybridized carbons (Fsp3) is 0.211. The maximum Gasteiger partial charge on any atom is 0.267 e. The largest absolute Gasteiger partial charge is 0.345 e. The zero-order valence-electron chi connectivity index (χ0n) is 14.1. The lowest BCUT2D eigenvalue weighted by Crippen LogP contribution is -2.16. The van der Waals surface area contributed by atoms with Gasteiger partial charge in [-0.15, -0.1) is 0 Å². The number of nitriles is 1. The van der Waals surface area contributed by atoms with Gasteiger partial charge in [0.05, 0.1) is 0 Å². The lowest BCUT2D eigenvalue weighted by Gasteiger charge is -2.12. The molecule has 0 radical (unpaired) electrons. The highest BCUT2D eigenvalue weighted by Crippen LogP contribution is 2.21. The van der Waals surface area contributed by atoms with E-state index >= 15 is 0 Å². The molecule has 24 heavy (non-hydrogen) atoms. The van der Waals surface area contributed by atoms with E-state index in [4.69, 9.17) is 0 Å². The molecule has 0 aliphatic carbocycles. The van der Waals surface area contributed by atoms with Crippen LogP contribution in [0.15, 0.2) is 48.3 Å². The summed E-state index contributed by atoms with van der Waals surface area (Å²) >= 11 is 0. The minimum atomic E-state index is -0.443. The molecule has 0 bridgehead atoms. The van der Waals surface area contributed by atoms with E-state index in [1.165, 1.54) is 6.20 Å². The quantitative estimate of drug-likeness (QED) is 0.650. The molecule has 2 aromatic rings. The summed E-state index contributed by atoms with van der Waals surface area (Å²) in [5.41, 5.74) is 3.79. The molecule has 0 aliphatic rings. The van der Waals surface area contributed by atoms with Gasteiger partial charge >= 0.3 is 0 Å². The Kier molecular flexibility index (Phi) is 5.69. The zero-order chi connectivity index (χ0) is 17.5. The van der Waals surface area contributed by atoms with Crippen LogP contribution in [0, 0.1) is 25.2 Å². The van der Waals surface area contributed by atoms with Crippen molar-refractivity contribution in [3.63, 3.8) is 0 Å². The highest BCUT2D eigenvalue weighted by molar-refractivity contribution is 6.07. The first-order chi connectivity index (χ1) is 11.5. The zero-order valence-corrected chi connectivity index (χ0v) is 14.1. The van der Waals surface area contributed by atoms with E-state index in [1.807, 2.05) is 57.2 Å². The van der Waals surface area contributed by atoms with Gasteiger partial charge in [-0.05, 0) is 49.1 Å². The molecular formula is C19H20N4O. The second-order valence-electron chi connectivity index (χ2n) is 5.45. The Labute approximate surface area is 142 Å². The number of nitrogens with zero attached hydrogens (tertiary/aromatic N) is 2. The van der Waals surface area contributed by atoms with E-state index < -0.39 is 5.91 Å². The van der Waals surface area contributed by atoms with Gasteiger partial charge in [0.1, 0.15) is 17.5 Å². The Morgan fingerprint density at radius 1 is 1.33 bits per heavy atom. The standard InChI is InChI=1S/C19H20N4O/c1-4-15-7-5-6-14(3)18(15)23-19(24)16(11-20)12-22-17-10-13(2)8-9-21-17/h5-10,12H,4H2,1-3H3,(H,21,22)(H,23,24)/b16-12-. The number of para-hydroxylation sites is 1. The molecule has 0 fully saturated rings. The number of anilines is 2. The Bertz CT molecular complexity index is 818. The molecule has 5 heteroatoms. The van der Waals surface area contributed by atoms with Crippen molar-refractivity contribution in [2.75, 3.05) is 10.6 Å². The first-order valence-corrected chi connectivity index (χ1v) is 7.74. The van der Waals surface area contributed by atoms with Gasteiger partial charge in [-0.2, -0.15) is 5.26 Å². The minimum Gasteiger partial charge on any atom is -0.345 e. The molecule has 2 rings (SSSR count). The molecule has 0 aliphatic heterocycles. The van der Waals surface area contributed by atoms with E-state index in [0.29, 0.717) is 5.82 Å². The highest BCUT2D eigenvalue weighted by Gasteiger charge is 2.13. The van der Waals surface area contributed by atoms with Crippen LogP contribution in [0.2, 0.25) is 0 Å². The summed E-state index contributed by atoms with van der Waals surface area (Å²) in [5.74, 6) is 0.141. The maximum absolute atomic E-state index is 12.4. The van der Waals surface area contributed by atoms with Crippen LogP contribution in [0.1, 0.15) is 23.6 Å². The first kappa shape index (κ1) is 17.2. The molecular weight excluding hydrogens is 300 g/mol. The molecule has 122 valence electrons. The van der Waals surface area contributed by atoms with Crippen molar-refractivity contribution in [1.82, 2.24) is 4.98 Å². The van der Waals surface area contributed by atoms with E-state index in [0.717, 1.165) is 28.8 Å². The number of amides is 1. The summed E-state index contributed by atoms with van der Waals surface area (Å²) in [6, 6.07) is 11.5. The number of carbonyl (C=O) groups is 1. The number of aryl methyl sites for hydroxylation is 3. The third kappa shape index (κ3) is 4.20. The van der Waals surface area contributed by atoms with Crippen LogP contribution in [-0.2, 0) is 11.2 Å². The Morgan fingerprint density at radius 2 is 2.12 bits per heavy atom. The number of hydrogen-bond donors (Lipinski definition) is 2. The van der Waals surface area contributed by atoms with Gasteiger partial charge < -0.3 is 10.6 Å². The summed E-state index contributed by atoms with van der Waals surface area (Å²) in [4.78, 5) is 16.5. The third-order valence-corrected chi connectivity index (χ3v) is 3.62. The lowest BCUT2D eigenvalue weighted by atomic mass is 10.1. The number of pyridine rings is 1. The Balaban J connectivity index is 2.18. The van der Waals surface area contributed by atoms with Crippen LogP contribution >= 0.6 is 0 Å². The molecule has 1 amide bonds. The highest BCUT2D eigenvalue weighted by atomic mass is 16.1. The minimum absolute atomic E-state index is 0.0105. The first-order valence-electron chi connectivity index (χ1n) is 7.74. The molecule has 1 heterocycles. The Morgan fingerprint density at radius 3 is 2.79 bits per heavy atom. The van der Waals surface area contributed by atoms with Crippen molar-refractivity contribution in [1.29, 1.82) is 5.26 Å². The smallest absolute Gasteiger partial charge is 0.267 e. The number of carbonyl (C=O) groups excluding carboxylic acids is 1. The number of nitrogens with one attached hydrogen (secondary N) is 2. The summed E-state index contributed by atoms with van der Waals surface area (Å²) < 4.78 is 0. The van der Waals surface area contributed by atoms with Crippen molar-refractivity contribution in [3.8, 4) is 6.07 Å². The van der Waals surface area contributed by atoms with Gasteiger partial charge in [0, 0.05) is 18.1 Å². The predicted molar refractivity (Wildman–Crippen MR) is 95.5 cm³/mol. The van der Waals surface area contributed by atoms with Gasteiger partial charge in [-0.25, -0.2) is 4.98 Å². The molecule has 1 aromatic carbocycles. The molecule has 0 saturated heterocycles. The summed E-state index contributed by atoms with van der Waals surface area (Å²) in [7, 11) is 0. The van der Waals surface area contributed by atoms with Gasteiger partial charge in [0.15, 0.2) is 0 Å². The van der Waals surface area contributed by atoms with Crippen molar-refractivity contribution in [3.05, 3.63) is 65.0 Å². The third-order valence-electron chi connectivity index (χ3n) is 3.62. The number of benzene rings is 1. The fourth-order valence-electron chi connectivity index (χ4n) is 2.29. The van der Waals surface area contributed by atoms with Crippen molar-refractivity contribution in [2.45, 2.75) is 27.2 Å². The van der Waals surface area contributed by atoms with E-state index in [-0.39, 0.29) is 5.57 Å². The van der Waals surface area contributed by atoms with Crippen LogP contribution in [0.5, 0.6) is 0 Å². The van der Waals surface area contributed by atoms with Crippen LogP contribution in [0.4, 0.5) is 11.5 Å². The lowest BCUT2D eigenvalue weighted by molar-refractivity contribution is -0.112. The second kappa shape index (κ2) is 7.93. The monoisotopic (exact) mass is 320 g/mol. The maximum atomic E-state index is 12.4. The van der Waals surface area contributed by atoms with Gasteiger partial charge in [0.2, 0.25) is 0 Å². The SMILES string of the molecule is CCc1cccc(C)c1NC(=O)/C(C#N)=C\Nc1cc(C)ccn1. The van der Waals surface area contributed by atoms with Crippen LogP contribution < -0.4 is 10.6 Å². The number of rotatable bonds is 5. The van der Waals surface area contributed by atoms with Crippen LogP contribution in [0.3, 0.4) is 0 Å². The van der Waals surface area contributed by atoms with E-state index in [1.54, 1.807) is 6.20 Å². The average Bonchev–Trinajstić information content (AvgIpc) is 2.57. The van der Waals surface area contributed by atoms with Gasteiger partial charge in [-0.1, -0.05) is 25.1 Å². The molecule has 0 unspecified atom stereocenters. The summed E-state index contributed by atoms with van der Waals surface area (Å²) in [6.07, 6.45) is 3.84. The number of hydrogen-bond acceptors (Lipinski definition) is 4. The molecule has 0 spiro atoms. The van der Waals surface area contributed by atoms with Crippen molar-refractivity contribution in [2.24, 2.45) is 0 Å². The topological polar surface area (TPSA) is 77.8 Å². The van der Waals surface area contributed by atoms with E-state index in [9.17, 15) is 10.1 Å². The van der Waals surface area contributed by atoms with Crippen molar-refractivity contribution >= 4 is 17.4 Å². The fourth-order valence-corrected chi connectivity index (χ4v) is 2.29. The molecule has 1 aromatic heterocycles. The summed E-state index contributed by atoms with van der Waals surface area (Å²) in [5, 5.41) is 15.0. The molecule has 2 N–H and O–H groups in total. The second-order valence-corrected chi connectivity index (χ2v) is 5.45. The normalized spacial score (nSPS) is 10.8. The van der Waals surface area contributed by atoms with E-state index in [2.05, 4.69) is 15.6 Å². The summed E-state index contributed by atoms with van der Waals surface area (Å²) in [6.45, 7) is 5.90. The average molecular weight is 320 g/mol. The van der Waals surface area contributed by atoms with Crippen molar-refractivity contribution < 1.29 is 4.79 Å². The van der Waals surface area contributed by atoms with Gasteiger partial charge in [-0.3, -0.25) is 4.79 Å². The molecule has 0 atom stereocenters. The number of aromatic nitrogens is 1. The van der Waals surface area contributed by atoms with Crippen LogP contribution in [-0.4, -0.2) is 10.9 Å². The van der Waals surface area contributed by atoms with Gasteiger partial charge in [0.25, 0.3) is 5.91 Å². The van der Waals surface area contributed by atoms with Crippen LogP contribution in [0.25, 0.3) is 0 Å². The molecule has 0 saturated carbocycles. The molecule has 5 nitrogen and oxygen atoms in total. The Hall–Kier alpha value is -3.13.